The number of ether oxygens (including phenoxy) is 3. The summed E-state index contributed by atoms with van der Waals surface area (Å²) < 4.78 is 16.1. The van der Waals surface area contributed by atoms with E-state index >= 15 is 0 Å². The van der Waals surface area contributed by atoms with Crippen LogP contribution in [0.2, 0.25) is 0 Å². The number of carbonyl (C=O) groups excluding carboxylic acids is 2. The van der Waals surface area contributed by atoms with Crippen molar-refractivity contribution in [3.8, 4) is 11.5 Å². The fourth-order valence-electron chi connectivity index (χ4n) is 3.53. The summed E-state index contributed by atoms with van der Waals surface area (Å²) in [6.07, 6.45) is 1.65. The fourth-order valence-corrected chi connectivity index (χ4v) is 3.53. The van der Waals surface area contributed by atoms with Crippen LogP contribution in [-0.2, 0) is 22.6 Å². The van der Waals surface area contributed by atoms with Crippen molar-refractivity contribution in [2.45, 2.75) is 71.7 Å². The Morgan fingerprint density at radius 2 is 1.47 bits per heavy atom. The largest absolute Gasteiger partial charge is 0.497 e. The van der Waals surface area contributed by atoms with Gasteiger partial charge in [-0.25, -0.2) is 4.79 Å². The quantitative estimate of drug-likeness (QED) is 0.481. The molecule has 2 aromatic carbocycles. The normalized spacial score (nSPS) is 11.9. The third-order valence-corrected chi connectivity index (χ3v) is 5.16. The second-order valence-corrected chi connectivity index (χ2v) is 9.24. The van der Waals surface area contributed by atoms with Gasteiger partial charge in [-0.05, 0) is 62.6 Å². The molecular formula is C27H38N2O5. The number of rotatable bonds is 11. The van der Waals surface area contributed by atoms with Crippen molar-refractivity contribution < 1.29 is 23.8 Å². The molecule has 0 fully saturated rings. The van der Waals surface area contributed by atoms with Crippen molar-refractivity contribution in [3.05, 3.63) is 59.7 Å². The Bertz CT molecular complexity index is 889. The van der Waals surface area contributed by atoms with E-state index in [4.69, 9.17) is 14.2 Å². The van der Waals surface area contributed by atoms with E-state index in [0.29, 0.717) is 19.5 Å². The Morgan fingerprint density at radius 3 is 1.91 bits per heavy atom. The number of hydrogen-bond acceptors (Lipinski definition) is 5. The number of benzene rings is 2. The van der Waals surface area contributed by atoms with Gasteiger partial charge in [-0.1, -0.05) is 44.0 Å². The van der Waals surface area contributed by atoms with Gasteiger partial charge in [0.25, 0.3) is 0 Å². The maximum atomic E-state index is 13.8. The number of methoxy groups -OCH3 is 2. The average molecular weight is 471 g/mol. The number of amides is 2. The average Bonchev–Trinajstić information content (AvgIpc) is 2.80. The van der Waals surface area contributed by atoms with Gasteiger partial charge in [-0.15, -0.1) is 0 Å². The zero-order chi connectivity index (χ0) is 25.1. The first-order chi connectivity index (χ1) is 16.1. The molecule has 0 bridgehead atoms. The number of nitrogens with one attached hydrogen (secondary N) is 1. The highest BCUT2D eigenvalue weighted by Gasteiger charge is 2.28. The van der Waals surface area contributed by atoms with Crippen LogP contribution in [-0.4, -0.2) is 42.8 Å². The molecule has 7 nitrogen and oxygen atoms in total. The van der Waals surface area contributed by atoms with Gasteiger partial charge >= 0.3 is 6.09 Å². The summed E-state index contributed by atoms with van der Waals surface area (Å²) in [5.74, 6) is 1.28. The highest BCUT2D eigenvalue weighted by atomic mass is 16.6. The van der Waals surface area contributed by atoms with Crippen molar-refractivity contribution in [2.75, 3.05) is 14.2 Å². The molecule has 0 unspecified atom stereocenters. The van der Waals surface area contributed by atoms with Crippen LogP contribution >= 0.6 is 0 Å². The standard InChI is InChI=1S/C27H38N2O5/c1-7-8-15-24(28-26(31)34-27(2,3)4)25(30)29(18-20-11-9-13-22(16-20)32-5)19-21-12-10-14-23(17-21)33-6/h9-14,16-17,24H,7-8,15,18-19H2,1-6H3,(H,28,31)/t24-/m0/s1. The molecule has 0 heterocycles. The lowest BCUT2D eigenvalue weighted by Gasteiger charge is -2.29. The van der Waals surface area contributed by atoms with Crippen LogP contribution in [0, 0.1) is 0 Å². The predicted molar refractivity (Wildman–Crippen MR) is 133 cm³/mol. The van der Waals surface area contributed by atoms with Gasteiger partial charge in [-0.2, -0.15) is 0 Å². The van der Waals surface area contributed by atoms with Gasteiger partial charge in [0.05, 0.1) is 14.2 Å². The van der Waals surface area contributed by atoms with Crippen LogP contribution in [0.25, 0.3) is 0 Å². The van der Waals surface area contributed by atoms with E-state index < -0.39 is 17.7 Å². The summed E-state index contributed by atoms with van der Waals surface area (Å²) in [6.45, 7) is 8.19. The molecule has 0 saturated carbocycles. The third kappa shape index (κ3) is 8.96. The van der Waals surface area contributed by atoms with E-state index in [1.165, 1.54) is 0 Å². The molecule has 2 amide bonds. The smallest absolute Gasteiger partial charge is 0.408 e. The van der Waals surface area contributed by atoms with Gasteiger partial charge in [0.15, 0.2) is 0 Å². The number of alkyl carbamates (subject to hydrolysis) is 1. The molecule has 2 rings (SSSR count). The van der Waals surface area contributed by atoms with Crippen LogP contribution < -0.4 is 14.8 Å². The number of carbonyl (C=O) groups is 2. The highest BCUT2D eigenvalue weighted by molar-refractivity contribution is 5.85. The first kappa shape index (κ1) is 27.0. The second kappa shape index (κ2) is 12.9. The van der Waals surface area contributed by atoms with Crippen LogP contribution in [0.4, 0.5) is 4.79 Å². The molecule has 0 aromatic heterocycles. The minimum atomic E-state index is -0.689. The summed E-state index contributed by atoms with van der Waals surface area (Å²) in [4.78, 5) is 28.0. The second-order valence-electron chi connectivity index (χ2n) is 9.24. The molecule has 7 heteroatoms. The lowest BCUT2D eigenvalue weighted by Crippen LogP contribution is -2.49. The minimum absolute atomic E-state index is 0.162. The summed E-state index contributed by atoms with van der Waals surface area (Å²) in [6, 6.07) is 14.6. The molecule has 186 valence electrons. The van der Waals surface area contributed by atoms with Gasteiger partial charge in [0, 0.05) is 13.1 Å². The first-order valence-electron chi connectivity index (χ1n) is 11.7. The molecule has 0 aliphatic rings. The topological polar surface area (TPSA) is 77.1 Å². The lowest BCUT2D eigenvalue weighted by atomic mass is 10.1. The third-order valence-electron chi connectivity index (χ3n) is 5.16. The molecule has 1 N–H and O–H groups in total. The summed E-state index contributed by atoms with van der Waals surface area (Å²) in [5, 5.41) is 2.80. The Morgan fingerprint density at radius 1 is 0.941 bits per heavy atom. The molecule has 34 heavy (non-hydrogen) atoms. The zero-order valence-electron chi connectivity index (χ0n) is 21.2. The van der Waals surface area contributed by atoms with E-state index in [1.54, 1.807) is 39.9 Å². The van der Waals surface area contributed by atoms with Crippen molar-refractivity contribution in [2.24, 2.45) is 0 Å². The van der Waals surface area contributed by atoms with Crippen LogP contribution in [0.15, 0.2) is 48.5 Å². The lowest BCUT2D eigenvalue weighted by molar-refractivity contribution is -0.135. The predicted octanol–water partition coefficient (Wildman–Crippen LogP) is 5.32. The number of nitrogens with zero attached hydrogens (tertiary/aromatic N) is 1. The molecular weight excluding hydrogens is 432 g/mol. The molecule has 2 aromatic rings. The SMILES string of the molecule is CCCC[C@H](NC(=O)OC(C)(C)C)C(=O)N(Cc1cccc(OC)c1)Cc1cccc(OC)c1. The maximum Gasteiger partial charge on any atom is 0.408 e. The fraction of sp³-hybridized carbons (Fsp3) is 0.481. The summed E-state index contributed by atoms with van der Waals surface area (Å²) >= 11 is 0. The number of unbranched alkanes of at least 4 members (excludes halogenated alkanes) is 1. The molecule has 0 aliphatic carbocycles. The van der Waals surface area contributed by atoms with Gasteiger partial charge in [-0.3, -0.25) is 4.79 Å². The molecule has 1 atom stereocenters. The minimum Gasteiger partial charge on any atom is -0.497 e. The van der Waals surface area contributed by atoms with Crippen LogP contribution in [0.5, 0.6) is 11.5 Å². The van der Waals surface area contributed by atoms with Crippen LogP contribution in [0.1, 0.15) is 58.1 Å². The highest BCUT2D eigenvalue weighted by Crippen LogP contribution is 2.20. The van der Waals surface area contributed by atoms with E-state index in [-0.39, 0.29) is 5.91 Å². The Hall–Kier alpha value is -3.22. The monoisotopic (exact) mass is 470 g/mol. The van der Waals surface area contributed by atoms with Crippen molar-refractivity contribution in [3.63, 3.8) is 0 Å². The van der Waals surface area contributed by atoms with Gasteiger partial charge in [0.1, 0.15) is 23.1 Å². The van der Waals surface area contributed by atoms with Crippen molar-refractivity contribution >= 4 is 12.0 Å². The molecule has 0 saturated heterocycles. The summed E-state index contributed by atoms with van der Waals surface area (Å²) in [7, 11) is 3.23. The van der Waals surface area contributed by atoms with Crippen molar-refractivity contribution in [1.82, 2.24) is 10.2 Å². The Labute approximate surface area is 203 Å². The molecule has 0 radical (unpaired) electrons. The number of hydrogen-bond donors (Lipinski definition) is 1. The van der Waals surface area contributed by atoms with E-state index in [9.17, 15) is 9.59 Å². The summed E-state index contributed by atoms with van der Waals surface area (Å²) in [5.41, 5.74) is 1.22. The van der Waals surface area contributed by atoms with Gasteiger partial charge in [0.2, 0.25) is 5.91 Å². The van der Waals surface area contributed by atoms with E-state index in [1.807, 2.05) is 48.5 Å². The van der Waals surface area contributed by atoms with Crippen molar-refractivity contribution in [1.29, 1.82) is 0 Å². The van der Waals surface area contributed by atoms with Gasteiger partial charge < -0.3 is 24.4 Å². The Kier molecular flexibility index (Phi) is 10.2. The molecule has 0 spiro atoms. The maximum absolute atomic E-state index is 13.8. The first-order valence-corrected chi connectivity index (χ1v) is 11.7. The van der Waals surface area contributed by atoms with Crippen LogP contribution in [0.3, 0.4) is 0 Å². The van der Waals surface area contributed by atoms with E-state index in [0.717, 1.165) is 35.5 Å². The molecule has 0 aliphatic heterocycles. The van der Waals surface area contributed by atoms with E-state index in [2.05, 4.69) is 12.2 Å². The zero-order valence-corrected chi connectivity index (χ0v) is 21.2. The Balaban J connectivity index is 2.32.